The van der Waals surface area contributed by atoms with E-state index in [0.29, 0.717) is 23.7 Å². The number of carboxylic acid groups (broad SMARTS) is 1. The van der Waals surface area contributed by atoms with Gasteiger partial charge in [0, 0.05) is 14.1 Å². The Morgan fingerprint density at radius 3 is 2.40 bits per heavy atom. The third-order valence-corrected chi connectivity index (χ3v) is 4.79. The van der Waals surface area contributed by atoms with E-state index in [1.165, 1.54) is 23.1 Å². The summed E-state index contributed by atoms with van der Waals surface area (Å²) in [5, 5.41) is 18.3. The largest absolute Gasteiger partial charge is 0.490 e. The number of ether oxygens (including phenoxy) is 2. The average Bonchev–Trinajstić information content (AvgIpc) is 2.71. The van der Waals surface area contributed by atoms with Gasteiger partial charge >= 0.3 is 5.97 Å². The summed E-state index contributed by atoms with van der Waals surface area (Å²) in [6, 6.07) is 11.9. The molecule has 2 aromatic carbocycles. The van der Waals surface area contributed by atoms with E-state index in [1.54, 1.807) is 38.4 Å². The molecule has 2 aromatic rings. The van der Waals surface area contributed by atoms with Gasteiger partial charge in [0.25, 0.3) is 5.91 Å². The van der Waals surface area contributed by atoms with E-state index in [9.17, 15) is 14.9 Å². The number of hydrogen-bond donors (Lipinski definition) is 1. The molecule has 8 heteroatoms. The maximum atomic E-state index is 12.1. The summed E-state index contributed by atoms with van der Waals surface area (Å²) < 4.78 is 12.4. The molecular weight excluding hydrogens is 499 g/mol. The summed E-state index contributed by atoms with van der Waals surface area (Å²) in [6.45, 7) is 2.49. The van der Waals surface area contributed by atoms with Crippen molar-refractivity contribution in [3.63, 3.8) is 0 Å². The summed E-state index contributed by atoms with van der Waals surface area (Å²) in [4.78, 5) is 24.4. The number of nitrogens with zero attached hydrogens (tertiary/aromatic N) is 2. The smallest absolute Gasteiger partial charge is 0.335 e. The zero-order valence-corrected chi connectivity index (χ0v) is 19.0. The lowest BCUT2D eigenvalue weighted by molar-refractivity contribution is -0.124. The lowest BCUT2D eigenvalue weighted by Gasteiger charge is -2.15. The van der Waals surface area contributed by atoms with Gasteiger partial charge in [-0.25, -0.2) is 4.79 Å². The van der Waals surface area contributed by atoms with Crippen molar-refractivity contribution in [2.75, 3.05) is 20.7 Å². The van der Waals surface area contributed by atoms with Crippen LogP contribution in [0.2, 0.25) is 0 Å². The first kappa shape index (κ1) is 23.2. The van der Waals surface area contributed by atoms with E-state index in [-0.39, 0.29) is 23.7 Å². The van der Waals surface area contributed by atoms with E-state index >= 15 is 0 Å². The highest BCUT2D eigenvalue weighted by Crippen LogP contribution is 2.35. The number of halogens is 1. The van der Waals surface area contributed by atoms with E-state index in [1.807, 2.05) is 13.0 Å². The zero-order valence-electron chi connectivity index (χ0n) is 16.8. The van der Waals surface area contributed by atoms with Gasteiger partial charge in [-0.1, -0.05) is 12.1 Å². The van der Waals surface area contributed by atoms with Crippen LogP contribution in [0.25, 0.3) is 6.08 Å². The Hall–Kier alpha value is -3.06. The second-order valence-corrected chi connectivity index (χ2v) is 7.59. The number of benzene rings is 2. The van der Waals surface area contributed by atoms with E-state index < -0.39 is 5.97 Å². The maximum absolute atomic E-state index is 12.1. The Balaban J connectivity index is 2.31. The second-order valence-electron chi connectivity index (χ2n) is 6.42. The minimum Gasteiger partial charge on any atom is -0.490 e. The number of rotatable bonds is 8. The fourth-order valence-corrected chi connectivity index (χ4v) is 3.30. The van der Waals surface area contributed by atoms with Crippen molar-refractivity contribution in [3.05, 3.63) is 62.2 Å². The van der Waals surface area contributed by atoms with Crippen LogP contribution in [0.4, 0.5) is 0 Å². The molecule has 2 rings (SSSR count). The van der Waals surface area contributed by atoms with E-state index in [0.717, 1.165) is 9.13 Å². The average molecular weight is 520 g/mol. The van der Waals surface area contributed by atoms with Crippen LogP contribution in [0.15, 0.2) is 42.0 Å². The van der Waals surface area contributed by atoms with Crippen molar-refractivity contribution in [1.82, 2.24) is 4.90 Å². The predicted molar refractivity (Wildman–Crippen MR) is 120 cm³/mol. The number of carbonyl (C=O) groups excluding carboxylic acids is 1. The molecule has 1 N–H and O–H groups in total. The molecule has 7 nitrogen and oxygen atoms in total. The van der Waals surface area contributed by atoms with Crippen LogP contribution in [0.3, 0.4) is 0 Å². The van der Waals surface area contributed by atoms with Crippen molar-refractivity contribution < 1.29 is 24.2 Å². The molecule has 0 saturated heterocycles. The fraction of sp³-hybridized carbons (Fsp3) is 0.227. The highest BCUT2D eigenvalue weighted by molar-refractivity contribution is 14.1. The first-order valence-electron chi connectivity index (χ1n) is 9.01. The summed E-state index contributed by atoms with van der Waals surface area (Å²) in [5.74, 6) is -0.332. The SMILES string of the molecule is CCOc1cc(/C=C(/C#N)C(=O)N(C)C)cc(I)c1OCc1ccc(C(=O)O)cc1. The standard InChI is InChI=1S/C22H21IN2O5/c1-4-29-19-11-15(9-17(12-24)21(26)25(2)3)10-18(23)20(19)30-13-14-5-7-16(8-6-14)22(27)28/h5-11H,4,13H2,1-3H3,(H,27,28)/b17-9-. The third-order valence-electron chi connectivity index (χ3n) is 3.98. The highest BCUT2D eigenvalue weighted by Gasteiger charge is 2.15. The highest BCUT2D eigenvalue weighted by atomic mass is 127. The predicted octanol–water partition coefficient (Wildman–Crippen LogP) is 3.96. The maximum Gasteiger partial charge on any atom is 0.335 e. The minimum absolute atomic E-state index is 0.0189. The van der Waals surface area contributed by atoms with Gasteiger partial charge in [-0.2, -0.15) is 5.26 Å². The molecule has 0 bridgehead atoms. The lowest BCUT2D eigenvalue weighted by atomic mass is 10.1. The van der Waals surface area contributed by atoms with Gasteiger partial charge in [0.15, 0.2) is 11.5 Å². The molecule has 0 unspecified atom stereocenters. The molecule has 0 heterocycles. The molecule has 0 aliphatic heterocycles. The van der Waals surface area contributed by atoms with Gasteiger partial charge in [-0.15, -0.1) is 0 Å². The molecule has 1 amide bonds. The Bertz CT molecular complexity index is 1010. The molecule has 0 aromatic heterocycles. The topological polar surface area (TPSA) is 99.9 Å². The molecule has 30 heavy (non-hydrogen) atoms. The molecule has 156 valence electrons. The molecule has 0 radical (unpaired) electrons. The molecule has 0 atom stereocenters. The van der Waals surface area contributed by atoms with Crippen molar-refractivity contribution in [2.45, 2.75) is 13.5 Å². The van der Waals surface area contributed by atoms with Crippen LogP contribution in [0.1, 0.15) is 28.4 Å². The minimum atomic E-state index is -0.983. The summed E-state index contributed by atoms with van der Waals surface area (Å²) in [6.07, 6.45) is 1.52. The Morgan fingerprint density at radius 2 is 1.87 bits per heavy atom. The summed E-state index contributed by atoms with van der Waals surface area (Å²) >= 11 is 2.11. The Labute approximate surface area is 188 Å². The zero-order chi connectivity index (χ0) is 22.3. The van der Waals surface area contributed by atoms with Crippen LogP contribution in [0, 0.1) is 14.9 Å². The number of carbonyl (C=O) groups is 2. The number of amides is 1. The monoisotopic (exact) mass is 520 g/mol. The molecular formula is C22H21IN2O5. The van der Waals surface area contributed by atoms with Gasteiger partial charge in [0.1, 0.15) is 18.2 Å². The summed E-state index contributed by atoms with van der Waals surface area (Å²) in [5.41, 5.74) is 1.68. The molecule has 0 aliphatic rings. The first-order valence-corrected chi connectivity index (χ1v) is 10.1. The van der Waals surface area contributed by atoms with Crippen molar-refractivity contribution in [1.29, 1.82) is 5.26 Å². The number of hydrogen-bond acceptors (Lipinski definition) is 5. The summed E-state index contributed by atoms with van der Waals surface area (Å²) in [7, 11) is 3.17. The second kappa shape index (κ2) is 10.6. The van der Waals surface area contributed by atoms with Crippen LogP contribution in [0.5, 0.6) is 11.5 Å². The van der Waals surface area contributed by atoms with Gasteiger partial charge in [-0.05, 0) is 71.0 Å². The Morgan fingerprint density at radius 1 is 1.20 bits per heavy atom. The van der Waals surface area contributed by atoms with Crippen LogP contribution in [-0.2, 0) is 11.4 Å². The number of nitriles is 1. The van der Waals surface area contributed by atoms with Gasteiger partial charge < -0.3 is 19.5 Å². The fourth-order valence-electron chi connectivity index (χ4n) is 2.52. The van der Waals surface area contributed by atoms with Gasteiger partial charge in [0.05, 0.1) is 15.7 Å². The molecule has 0 saturated carbocycles. The number of likely N-dealkylation sites (N-methyl/N-ethyl adjacent to an activating group) is 1. The van der Waals surface area contributed by atoms with Crippen molar-refractivity contribution in [2.24, 2.45) is 0 Å². The van der Waals surface area contributed by atoms with Crippen molar-refractivity contribution >= 4 is 40.5 Å². The normalized spacial score (nSPS) is 10.8. The van der Waals surface area contributed by atoms with E-state index in [4.69, 9.17) is 14.6 Å². The number of carboxylic acids is 1. The van der Waals surface area contributed by atoms with Gasteiger partial charge in [-0.3, -0.25) is 4.79 Å². The van der Waals surface area contributed by atoms with Crippen molar-refractivity contribution in [3.8, 4) is 17.6 Å². The van der Waals surface area contributed by atoms with Crippen LogP contribution in [-0.4, -0.2) is 42.6 Å². The lowest BCUT2D eigenvalue weighted by Crippen LogP contribution is -2.22. The van der Waals surface area contributed by atoms with E-state index in [2.05, 4.69) is 22.6 Å². The van der Waals surface area contributed by atoms with Crippen LogP contribution >= 0.6 is 22.6 Å². The van der Waals surface area contributed by atoms with Crippen LogP contribution < -0.4 is 9.47 Å². The quantitative estimate of drug-likeness (QED) is 0.322. The molecule has 0 fully saturated rings. The Kier molecular flexibility index (Phi) is 8.24. The third kappa shape index (κ3) is 5.97. The van der Waals surface area contributed by atoms with Gasteiger partial charge in [0.2, 0.25) is 0 Å². The molecule has 0 spiro atoms. The number of aromatic carboxylic acids is 1. The molecule has 0 aliphatic carbocycles. The first-order chi connectivity index (χ1) is 14.3.